The molecule has 2 amide bonds. The fourth-order valence-corrected chi connectivity index (χ4v) is 3.64. The predicted molar refractivity (Wildman–Crippen MR) is 116 cm³/mol. The summed E-state index contributed by atoms with van der Waals surface area (Å²) in [5, 5.41) is 3.61. The molecule has 0 saturated carbocycles. The van der Waals surface area contributed by atoms with Crippen molar-refractivity contribution in [1.82, 2.24) is 14.9 Å². The van der Waals surface area contributed by atoms with Gasteiger partial charge in [-0.2, -0.15) is 0 Å². The molecule has 30 heavy (non-hydrogen) atoms. The number of carbonyl (C=O) groups excluding carboxylic acids is 2. The number of hydrogen-bond donors (Lipinski definition) is 1. The summed E-state index contributed by atoms with van der Waals surface area (Å²) in [7, 11) is 1.31. The fourth-order valence-electron chi connectivity index (χ4n) is 3.47. The molecular formula is C21H26ClN5O3. The topological polar surface area (TPSA) is 87.7 Å². The molecule has 1 atom stereocenters. The van der Waals surface area contributed by atoms with Gasteiger partial charge in [-0.1, -0.05) is 31.5 Å². The van der Waals surface area contributed by atoms with Crippen LogP contribution in [0, 0.1) is 12.8 Å². The molecule has 3 rings (SSSR count). The Morgan fingerprint density at radius 2 is 2.00 bits per heavy atom. The van der Waals surface area contributed by atoms with Crippen LogP contribution in [-0.2, 0) is 4.74 Å². The fraction of sp³-hybridized carbons (Fsp3) is 0.429. The average Bonchev–Trinajstić information content (AvgIpc) is 2.76. The Hall–Kier alpha value is -2.87. The number of nitrogens with zero attached hydrogens (tertiary/aromatic N) is 4. The van der Waals surface area contributed by atoms with Gasteiger partial charge < -0.3 is 19.9 Å². The number of piperazine rings is 1. The first-order chi connectivity index (χ1) is 14.3. The first-order valence-electron chi connectivity index (χ1n) is 9.79. The van der Waals surface area contributed by atoms with Crippen LogP contribution in [-0.4, -0.2) is 59.7 Å². The van der Waals surface area contributed by atoms with Crippen molar-refractivity contribution in [3.05, 3.63) is 46.9 Å². The van der Waals surface area contributed by atoms with Crippen LogP contribution in [0.1, 0.15) is 29.9 Å². The van der Waals surface area contributed by atoms with E-state index in [9.17, 15) is 9.59 Å². The summed E-state index contributed by atoms with van der Waals surface area (Å²) in [4.78, 5) is 37.0. The van der Waals surface area contributed by atoms with Gasteiger partial charge in [0, 0.05) is 30.3 Å². The van der Waals surface area contributed by atoms with E-state index in [2.05, 4.69) is 38.8 Å². The first kappa shape index (κ1) is 21.8. The highest BCUT2D eigenvalue weighted by Gasteiger charge is 2.33. The third kappa shape index (κ3) is 4.64. The van der Waals surface area contributed by atoms with E-state index in [1.807, 2.05) is 24.0 Å². The smallest absolute Gasteiger partial charge is 0.358 e. The van der Waals surface area contributed by atoms with Gasteiger partial charge >= 0.3 is 12.0 Å². The summed E-state index contributed by atoms with van der Waals surface area (Å²) in [6.07, 6.45) is 2.97. The third-order valence-electron chi connectivity index (χ3n) is 5.32. The van der Waals surface area contributed by atoms with Crippen LogP contribution >= 0.6 is 11.6 Å². The Bertz CT molecular complexity index is 919. The van der Waals surface area contributed by atoms with Crippen molar-refractivity contribution in [3.8, 4) is 0 Å². The molecule has 1 saturated heterocycles. The monoisotopic (exact) mass is 431 g/mol. The van der Waals surface area contributed by atoms with Crippen molar-refractivity contribution < 1.29 is 14.3 Å². The van der Waals surface area contributed by atoms with Crippen LogP contribution in [0.5, 0.6) is 0 Å². The maximum absolute atomic E-state index is 13.0. The molecule has 0 spiro atoms. The maximum atomic E-state index is 13.0. The van der Waals surface area contributed by atoms with Crippen molar-refractivity contribution in [3.63, 3.8) is 0 Å². The van der Waals surface area contributed by atoms with Crippen molar-refractivity contribution >= 4 is 35.1 Å². The number of anilines is 2. The Kier molecular flexibility index (Phi) is 6.77. The van der Waals surface area contributed by atoms with Gasteiger partial charge in [0.05, 0.1) is 25.5 Å². The molecule has 160 valence electrons. The minimum absolute atomic E-state index is 0.0136. The first-order valence-corrected chi connectivity index (χ1v) is 10.2. The van der Waals surface area contributed by atoms with E-state index in [0.29, 0.717) is 36.2 Å². The molecule has 8 nitrogen and oxygen atoms in total. The van der Waals surface area contributed by atoms with Crippen LogP contribution in [0.2, 0.25) is 5.02 Å². The molecule has 1 unspecified atom stereocenters. The molecule has 1 N–H and O–H groups in total. The van der Waals surface area contributed by atoms with Gasteiger partial charge in [-0.05, 0) is 30.5 Å². The average molecular weight is 432 g/mol. The van der Waals surface area contributed by atoms with E-state index in [0.717, 1.165) is 5.56 Å². The second kappa shape index (κ2) is 9.30. The van der Waals surface area contributed by atoms with Crippen LogP contribution < -0.4 is 10.2 Å². The molecule has 0 bridgehead atoms. The van der Waals surface area contributed by atoms with Gasteiger partial charge in [-0.3, -0.25) is 0 Å². The quantitative estimate of drug-likeness (QED) is 0.744. The molecule has 1 fully saturated rings. The van der Waals surface area contributed by atoms with Crippen molar-refractivity contribution in [1.29, 1.82) is 0 Å². The van der Waals surface area contributed by atoms with Crippen LogP contribution in [0.4, 0.5) is 16.3 Å². The number of methoxy groups -OCH3 is 1. The highest BCUT2D eigenvalue weighted by Crippen LogP contribution is 2.25. The second-order valence-electron chi connectivity index (χ2n) is 7.54. The molecule has 1 aliphatic rings. The summed E-state index contributed by atoms with van der Waals surface area (Å²) in [6, 6.07) is 5.30. The molecule has 1 aromatic heterocycles. The molecule has 1 aromatic carbocycles. The highest BCUT2D eigenvalue weighted by molar-refractivity contribution is 6.31. The van der Waals surface area contributed by atoms with Crippen molar-refractivity contribution in [2.45, 2.75) is 26.8 Å². The number of rotatable bonds is 4. The van der Waals surface area contributed by atoms with E-state index in [-0.39, 0.29) is 23.7 Å². The molecule has 2 aromatic rings. The van der Waals surface area contributed by atoms with Gasteiger partial charge in [0.15, 0.2) is 5.69 Å². The number of nitrogens with one attached hydrogen (secondary N) is 1. The van der Waals surface area contributed by atoms with Gasteiger partial charge in [-0.25, -0.2) is 19.6 Å². The number of ether oxygens (including phenoxy) is 1. The predicted octanol–water partition coefficient (Wildman–Crippen LogP) is 3.60. The summed E-state index contributed by atoms with van der Waals surface area (Å²) in [5.41, 5.74) is 1.71. The zero-order valence-electron chi connectivity index (χ0n) is 17.6. The lowest BCUT2D eigenvalue weighted by Crippen LogP contribution is -2.58. The summed E-state index contributed by atoms with van der Waals surface area (Å²) >= 11 is 6.18. The number of aromatic nitrogens is 2. The van der Waals surface area contributed by atoms with E-state index >= 15 is 0 Å². The molecule has 1 aliphatic heterocycles. The molecule has 0 radical (unpaired) electrons. The minimum atomic E-state index is -0.521. The number of hydrogen-bond acceptors (Lipinski definition) is 6. The van der Waals surface area contributed by atoms with Gasteiger partial charge in [0.25, 0.3) is 0 Å². The van der Waals surface area contributed by atoms with E-state index in [4.69, 9.17) is 11.6 Å². The van der Waals surface area contributed by atoms with Crippen LogP contribution in [0.25, 0.3) is 0 Å². The Morgan fingerprint density at radius 1 is 1.23 bits per heavy atom. The number of esters is 1. The number of urea groups is 1. The Balaban J connectivity index is 1.73. The summed E-state index contributed by atoms with van der Waals surface area (Å²) in [5.74, 6) is 0.382. The van der Waals surface area contributed by atoms with Gasteiger partial charge in [0.2, 0.25) is 0 Å². The standard InChI is InChI=1S/C21H26ClN5O3/c1-13(2)18-12-26(19-11-23-17(10-24-19)20(28)30-4)8-9-27(18)21(29)25-16-7-5-6-15(22)14(16)3/h5-7,10-11,13,18H,8-9,12H2,1-4H3,(H,25,29). The lowest BCUT2D eigenvalue weighted by Gasteiger charge is -2.43. The lowest BCUT2D eigenvalue weighted by molar-refractivity contribution is 0.0593. The lowest BCUT2D eigenvalue weighted by atomic mass is 10.00. The maximum Gasteiger partial charge on any atom is 0.358 e. The van der Waals surface area contributed by atoms with Crippen LogP contribution in [0.3, 0.4) is 0 Å². The van der Waals surface area contributed by atoms with E-state index in [1.165, 1.54) is 13.3 Å². The molecule has 0 aliphatic carbocycles. The zero-order chi connectivity index (χ0) is 21.8. The number of amides is 2. The summed E-state index contributed by atoms with van der Waals surface area (Å²) < 4.78 is 4.66. The molecule has 9 heteroatoms. The van der Waals surface area contributed by atoms with Crippen molar-refractivity contribution in [2.75, 3.05) is 37.0 Å². The number of halogens is 1. The summed E-state index contributed by atoms with van der Waals surface area (Å²) in [6.45, 7) is 7.82. The third-order valence-corrected chi connectivity index (χ3v) is 5.72. The van der Waals surface area contributed by atoms with Crippen LogP contribution in [0.15, 0.2) is 30.6 Å². The van der Waals surface area contributed by atoms with E-state index in [1.54, 1.807) is 12.3 Å². The van der Waals surface area contributed by atoms with Crippen molar-refractivity contribution in [2.24, 2.45) is 5.92 Å². The number of benzene rings is 1. The highest BCUT2D eigenvalue weighted by atomic mass is 35.5. The Labute approximate surface area is 181 Å². The molecule has 2 heterocycles. The second-order valence-corrected chi connectivity index (χ2v) is 7.95. The largest absolute Gasteiger partial charge is 0.464 e. The number of carbonyl (C=O) groups is 2. The SMILES string of the molecule is COC(=O)c1cnc(N2CCN(C(=O)Nc3cccc(Cl)c3C)C(C(C)C)C2)cn1. The normalized spacial score (nSPS) is 16.5. The minimum Gasteiger partial charge on any atom is -0.464 e. The zero-order valence-corrected chi connectivity index (χ0v) is 18.3. The van der Waals surface area contributed by atoms with Gasteiger partial charge in [0.1, 0.15) is 5.82 Å². The van der Waals surface area contributed by atoms with Gasteiger partial charge in [-0.15, -0.1) is 0 Å². The van der Waals surface area contributed by atoms with E-state index < -0.39 is 5.97 Å². The Morgan fingerprint density at radius 3 is 2.63 bits per heavy atom. The molecular weight excluding hydrogens is 406 g/mol.